The van der Waals surface area contributed by atoms with E-state index in [0.29, 0.717) is 6.54 Å². The molecule has 3 aliphatic carbocycles. The predicted molar refractivity (Wildman–Crippen MR) is 135 cm³/mol. The lowest BCUT2D eigenvalue weighted by Crippen LogP contribution is -2.67. The number of benzene rings is 1. The van der Waals surface area contributed by atoms with Crippen LogP contribution in [0.3, 0.4) is 0 Å². The maximum absolute atomic E-state index is 13.7. The second-order valence-electron chi connectivity index (χ2n) is 10.4. The van der Waals surface area contributed by atoms with Crippen molar-refractivity contribution in [2.24, 2.45) is 5.41 Å². The topological polar surface area (TPSA) is 88.7 Å². The van der Waals surface area contributed by atoms with Gasteiger partial charge in [0.25, 0.3) is 0 Å². The summed E-state index contributed by atoms with van der Waals surface area (Å²) in [5.74, 6) is 0. The number of alkyl halides is 1. The molecule has 8 nitrogen and oxygen atoms in total. The predicted octanol–water partition coefficient (Wildman–Crippen LogP) is 2.34. The Morgan fingerprint density at radius 3 is 2.89 bits per heavy atom. The number of H-pyrrole nitrogens is 1. The zero-order valence-corrected chi connectivity index (χ0v) is 21.0. The van der Waals surface area contributed by atoms with Crippen molar-refractivity contribution in [3.8, 4) is 11.3 Å². The third-order valence-electron chi connectivity index (χ3n) is 7.63. The van der Waals surface area contributed by atoms with Gasteiger partial charge in [-0.05, 0) is 42.4 Å². The molecule has 10 heteroatoms. The van der Waals surface area contributed by atoms with Gasteiger partial charge >= 0.3 is 0 Å². The lowest BCUT2D eigenvalue weighted by Gasteiger charge is -2.66. The van der Waals surface area contributed by atoms with E-state index in [2.05, 4.69) is 61.2 Å². The third kappa shape index (κ3) is 3.59. The molecule has 3 fully saturated rings. The number of hydrogen-bond acceptors (Lipinski definition) is 5. The minimum atomic E-state index is -0.828. The molecule has 2 bridgehead atoms. The molecule has 35 heavy (non-hydrogen) atoms. The van der Waals surface area contributed by atoms with E-state index in [4.69, 9.17) is 4.98 Å². The summed E-state index contributed by atoms with van der Waals surface area (Å²) in [7, 11) is -0.306. The van der Waals surface area contributed by atoms with Crippen LogP contribution in [0.15, 0.2) is 49.1 Å². The molecule has 8 rings (SSSR count). The summed E-state index contributed by atoms with van der Waals surface area (Å²) in [5.41, 5.74) is 5.38. The number of halogens is 1. The molecule has 0 atom stereocenters. The average molecular weight is 487 g/mol. The fourth-order valence-electron chi connectivity index (χ4n) is 5.98. The number of rotatable bonds is 8. The minimum absolute atomic E-state index is 0.223. The molecular weight excluding hydrogens is 459 g/mol. The van der Waals surface area contributed by atoms with Gasteiger partial charge in [0.15, 0.2) is 0 Å². The number of aromatic nitrogens is 7. The largest absolute Gasteiger partial charge is 0.312 e. The Bertz CT molecular complexity index is 1550. The Kier molecular flexibility index (Phi) is 4.53. The van der Waals surface area contributed by atoms with Crippen LogP contribution in [-0.4, -0.2) is 56.3 Å². The lowest BCUT2D eigenvalue weighted by molar-refractivity contribution is -0.209. The maximum atomic E-state index is 13.7. The van der Waals surface area contributed by atoms with Gasteiger partial charge in [0, 0.05) is 36.4 Å². The molecule has 0 saturated heterocycles. The van der Waals surface area contributed by atoms with Crippen LogP contribution in [0.1, 0.15) is 30.5 Å². The van der Waals surface area contributed by atoms with Crippen LogP contribution in [0.2, 0.25) is 6.55 Å². The number of hydrogen-bond donors (Lipinski definition) is 2. The van der Waals surface area contributed by atoms with E-state index in [0.717, 1.165) is 65.9 Å². The van der Waals surface area contributed by atoms with Gasteiger partial charge in [0.1, 0.15) is 17.0 Å². The number of pyridine rings is 1. The summed E-state index contributed by atoms with van der Waals surface area (Å²) in [6.07, 6.45) is 10.2. The van der Waals surface area contributed by atoms with Crippen LogP contribution in [0.25, 0.3) is 27.8 Å². The van der Waals surface area contributed by atoms with Crippen molar-refractivity contribution >= 4 is 31.3 Å². The summed E-state index contributed by atoms with van der Waals surface area (Å²) < 4.78 is 17.6. The van der Waals surface area contributed by atoms with Crippen molar-refractivity contribution < 1.29 is 4.39 Å². The van der Waals surface area contributed by atoms with E-state index < -0.39 is 5.67 Å². The first kappa shape index (κ1) is 21.0. The standard InChI is InChI=1S/C25H27FN8Si/c1-35-18-4-19(20-7-28-30-21(20)5-18)22-11-34(32-31-22)10-17-9-33-8-16(2-3-23(33)29-17)6-27-15-24-12-25(26,13-24)14-24/h2-5,7-9,11,27H,6,10,12-15,35H2,1H3,(H,28,30). The highest BCUT2D eigenvalue weighted by atomic mass is 28.2. The fourth-order valence-corrected chi connectivity index (χ4v) is 6.80. The van der Waals surface area contributed by atoms with Gasteiger partial charge < -0.3 is 9.72 Å². The summed E-state index contributed by atoms with van der Waals surface area (Å²) in [5, 5.41) is 22.1. The maximum Gasteiger partial charge on any atom is 0.137 e. The van der Waals surface area contributed by atoms with E-state index in [1.54, 1.807) is 0 Å². The van der Waals surface area contributed by atoms with Crippen molar-refractivity contribution in [1.82, 2.24) is 39.9 Å². The number of aromatic amines is 1. The number of nitrogens with one attached hydrogen (secondary N) is 2. The second-order valence-corrected chi connectivity index (χ2v) is 12.0. The molecule has 0 radical (unpaired) electrons. The SMILES string of the molecule is C[SiH2]c1cc(-c2cn(Cc3cn4cc(CNCC56CC(F)(C5)C6)ccc4n3)nn2)c2cn[nH]c2c1. The summed E-state index contributed by atoms with van der Waals surface area (Å²) in [4.78, 5) is 4.76. The van der Waals surface area contributed by atoms with E-state index in [1.165, 1.54) is 10.8 Å². The molecule has 0 aliphatic heterocycles. The van der Waals surface area contributed by atoms with Crippen LogP contribution >= 0.6 is 0 Å². The third-order valence-corrected chi connectivity index (χ3v) is 8.86. The molecule has 2 N–H and O–H groups in total. The lowest BCUT2D eigenvalue weighted by atomic mass is 9.42. The molecule has 178 valence electrons. The van der Waals surface area contributed by atoms with E-state index in [1.807, 2.05) is 29.3 Å². The molecule has 1 aromatic carbocycles. The van der Waals surface area contributed by atoms with E-state index in [-0.39, 0.29) is 14.9 Å². The van der Waals surface area contributed by atoms with Crippen molar-refractivity contribution in [2.45, 2.75) is 44.6 Å². The molecule has 0 unspecified atom stereocenters. The minimum Gasteiger partial charge on any atom is -0.312 e. The van der Waals surface area contributed by atoms with Crippen LogP contribution in [0.4, 0.5) is 4.39 Å². The summed E-state index contributed by atoms with van der Waals surface area (Å²) in [6, 6.07) is 8.56. The Morgan fingerprint density at radius 1 is 1.17 bits per heavy atom. The first-order valence-electron chi connectivity index (χ1n) is 12.2. The Balaban J connectivity index is 1.06. The molecule has 3 saturated carbocycles. The van der Waals surface area contributed by atoms with Gasteiger partial charge in [0.2, 0.25) is 0 Å². The van der Waals surface area contributed by atoms with E-state index >= 15 is 0 Å². The smallest absolute Gasteiger partial charge is 0.137 e. The highest BCUT2D eigenvalue weighted by Gasteiger charge is 2.68. The molecular formula is C25H27FN8Si. The Morgan fingerprint density at radius 2 is 2.06 bits per heavy atom. The Labute approximate surface area is 203 Å². The first-order chi connectivity index (χ1) is 17.0. The van der Waals surface area contributed by atoms with Crippen LogP contribution in [-0.2, 0) is 13.1 Å². The fraction of sp³-hybridized carbons (Fsp3) is 0.360. The molecule has 3 aliphatic rings. The molecule has 0 amide bonds. The van der Waals surface area contributed by atoms with Crippen molar-refractivity contribution in [3.05, 3.63) is 60.3 Å². The molecule has 5 aromatic rings. The van der Waals surface area contributed by atoms with Crippen molar-refractivity contribution in [3.63, 3.8) is 0 Å². The van der Waals surface area contributed by atoms with Crippen molar-refractivity contribution in [2.75, 3.05) is 6.54 Å². The van der Waals surface area contributed by atoms with Gasteiger partial charge in [-0.15, -0.1) is 5.10 Å². The van der Waals surface area contributed by atoms with Crippen molar-refractivity contribution in [1.29, 1.82) is 0 Å². The normalized spacial score (nSPS) is 23.4. The van der Waals surface area contributed by atoms with Gasteiger partial charge in [-0.3, -0.25) is 5.10 Å². The van der Waals surface area contributed by atoms with Gasteiger partial charge in [-0.25, -0.2) is 14.1 Å². The molecule has 4 heterocycles. The highest BCUT2D eigenvalue weighted by molar-refractivity contribution is 6.52. The van der Waals surface area contributed by atoms with Crippen LogP contribution in [0.5, 0.6) is 0 Å². The van der Waals surface area contributed by atoms with Gasteiger partial charge in [-0.1, -0.05) is 29.1 Å². The molecule has 0 spiro atoms. The zero-order chi connectivity index (χ0) is 23.6. The van der Waals surface area contributed by atoms with Crippen LogP contribution < -0.4 is 10.5 Å². The molecule has 4 aromatic heterocycles. The summed E-state index contributed by atoms with van der Waals surface area (Å²) in [6.45, 7) is 4.50. The van der Waals surface area contributed by atoms with E-state index in [9.17, 15) is 4.39 Å². The zero-order valence-electron chi connectivity index (χ0n) is 19.6. The van der Waals surface area contributed by atoms with Gasteiger partial charge in [-0.2, -0.15) is 5.10 Å². The monoisotopic (exact) mass is 486 g/mol. The highest BCUT2D eigenvalue weighted by Crippen LogP contribution is 2.69. The number of nitrogens with zero attached hydrogens (tertiary/aromatic N) is 6. The quantitative estimate of drug-likeness (QED) is 0.329. The van der Waals surface area contributed by atoms with Gasteiger partial charge in [0.05, 0.1) is 39.7 Å². The average Bonchev–Trinajstić information content (AvgIpc) is 3.55. The Hall–Kier alpha value is -3.37. The number of fused-ring (bicyclic) bond motifs is 2. The second kappa shape index (κ2) is 7.56. The first-order valence-corrected chi connectivity index (χ1v) is 14.3. The summed E-state index contributed by atoms with van der Waals surface area (Å²) >= 11 is 0. The van der Waals surface area contributed by atoms with Crippen LogP contribution in [0, 0.1) is 5.41 Å². The number of imidazole rings is 1.